The van der Waals surface area contributed by atoms with Crippen LogP contribution in [0.25, 0.3) is 12.2 Å². The molecule has 0 spiro atoms. The maximum atomic E-state index is 11.9. The summed E-state index contributed by atoms with van der Waals surface area (Å²) < 4.78 is 15.1. The first-order valence-corrected chi connectivity index (χ1v) is 6.86. The molecule has 0 aliphatic carbocycles. The largest absolute Gasteiger partial charge is 0.496 e. The highest BCUT2D eigenvalue weighted by Crippen LogP contribution is 2.28. The van der Waals surface area contributed by atoms with Gasteiger partial charge in [0.25, 0.3) is 0 Å². The summed E-state index contributed by atoms with van der Waals surface area (Å²) in [5, 5.41) is 2.66. The van der Waals surface area contributed by atoms with E-state index >= 15 is 0 Å². The average molecular weight is 306 g/mol. The van der Waals surface area contributed by atoms with Gasteiger partial charge in [-0.2, -0.15) is 0 Å². The molecule has 0 saturated carbocycles. The zero-order valence-corrected chi connectivity index (χ0v) is 12.6. The third kappa shape index (κ3) is 3.38. The molecule has 6 nitrogen and oxygen atoms in total. The Balaban J connectivity index is 2.52. The summed E-state index contributed by atoms with van der Waals surface area (Å²) in [5.41, 5.74) is 0.641. The van der Waals surface area contributed by atoms with Crippen LogP contribution < -0.4 is 9.47 Å². The van der Waals surface area contributed by atoms with E-state index in [0.717, 1.165) is 5.01 Å². The molecule has 0 aliphatic heterocycles. The third-order valence-corrected chi connectivity index (χ3v) is 3.38. The van der Waals surface area contributed by atoms with Crippen molar-refractivity contribution in [3.8, 4) is 11.6 Å². The van der Waals surface area contributed by atoms with Crippen LogP contribution in [0.4, 0.5) is 0 Å². The van der Waals surface area contributed by atoms with Gasteiger partial charge in [0.15, 0.2) is 0 Å². The number of aromatic nitrogens is 2. The average Bonchev–Trinajstić information content (AvgIpc) is 3.04. The minimum Gasteiger partial charge on any atom is -0.496 e. The number of esters is 1. The number of pyridine rings is 1. The molecule has 0 aromatic carbocycles. The van der Waals surface area contributed by atoms with E-state index in [0.29, 0.717) is 17.3 Å². The molecule has 0 fully saturated rings. The molecule has 110 valence electrons. The second-order valence-corrected chi connectivity index (χ2v) is 4.75. The molecule has 0 atom stereocenters. The lowest BCUT2D eigenvalue weighted by atomic mass is 10.1. The summed E-state index contributed by atoms with van der Waals surface area (Å²) in [6.45, 7) is 0. The second-order valence-electron chi connectivity index (χ2n) is 3.82. The van der Waals surface area contributed by atoms with Crippen molar-refractivity contribution in [2.75, 3.05) is 21.3 Å². The molecule has 2 aromatic rings. The molecule has 0 saturated heterocycles. The van der Waals surface area contributed by atoms with Gasteiger partial charge < -0.3 is 14.2 Å². The number of hydrogen-bond donors (Lipinski definition) is 0. The lowest BCUT2D eigenvalue weighted by Crippen LogP contribution is -2.09. The van der Waals surface area contributed by atoms with Crippen LogP contribution >= 0.6 is 11.3 Å². The molecule has 2 heterocycles. The van der Waals surface area contributed by atoms with Crippen LogP contribution in [0.2, 0.25) is 0 Å². The molecule has 0 radical (unpaired) electrons. The van der Waals surface area contributed by atoms with Crippen LogP contribution in [0.1, 0.15) is 21.1 Å². The highest BCUT2D eigenvalue weighted by Gasteiger charge is 2.20. The van der Waals surface area contributed by atoms with Gasteiger partial charge in [0.05, 0.1) is 27.0 Å². The van der Waals surface area contributed by atoms with Crippen LogP contribution in [-0.4, -0.2) is 37.3 Å². The number of nitrogens with zero attached hydrogens (tertiary/aromatic N) is 2. The predicted molar refractivity (Wildman–Crippen MR) is 79.7 cm³/mol. The summed E-state index contributed by atoms with van der Waals surface area (Å²) in [5.74, 6) is 0.159. The van der Waals surface area contributed by atoms with Crippen molar-refractivity contribution < 1.29 is 19.0 Å². The zero-order chi connectivity index (χ0) is 15.2. The quantitative estimate of drug-likeness (QED) is 0.791. The first-order valence-electron chi connectivity index (χ1n) is 5.98. The Kier molecular flexibility index (Phi) is 4.89. The molecule has 21 heavy (non-hydrogen) atoms. The summed E-state index contributed by atoms with van der Waals surface area (Å²) in [6, 6.07) is 1.53. The molecule has 0 unspecified atom stereocenters. The Morgan fingerprint density at radius 1 is 1.24 bits per heavy atom. The van der Waals surface area contributed by atoms with E-state index in [9.17, 15) is 4.79 Å². The van der Waals surface area contributed by atoms with E-state index in [1.54, 1.807) is 18.3 Å². The van der Waals surface area contributed by atoms with Crippen LogP contribution in [0.15, 0.2) is 17.6 Å². The number of carbonyl (C=O) groups is 1. The lowest BCUT2D eigenvalue weighted by molar-refractivity contribution is 0.0596. The van der Waals surface area contributed by atoms with Gasteiger partial charge in [-0.1, -0.05) is 0 Å². The fraction of sp³-hybridized carbons (Fsp3) is 0.214. The molecule has 0 bridgehead atoms. The van der Waals surface area contributed by atoms with Crippen molar-refractivity contribution in [1.29, 1.82) is 0 Å². The number of carbonyl (C=O) groups excluding carboxylic acids is 1. The second kappa shape index (κ2) is 6.85. The highest BCUT2D eigenvalue weighted by atomic mass is 32.1. The molecule has 2 rings (SSSR count). The van der Waals surface area contributed by atoms with Crippen LogP contribution in [-0.2, 0) is 4.74 Å². The Hall–Kier alpha value is -2.41. The van der Waals surface area contributed by atoms with E-state index in [-0.39, 0.29) is 5.56 Å². The van der Waals surface area contributed by atoms with E-state index in [4.69, 9.17) is 14.2 Å². The number of ether oxygens (including phenoxy) is 3. The van der Waals surface area contributed by atoms with Crippen molar-refractivity contribution in [3.05, 3.63) is 33.9 Å². The number of rotatable bonds is 5. The first-order chi connectivity index (χ1) is 10.2. The van der Waals surface area contributed by atoms with Crippen LogP contribution in [0, 0.1) is 0 Å². The number of thiazole rings is 1. The van der Waals surface area contributed by atoms with Crippen molar-refractivity contribution in [3.63, 3.8) is 0 Å². The first kappa shape index (κ1) is 15.0. The molecule has 0 N–H and O–H groups in total. The Bertz CT molecular complexity index is 653. The summed E-state index contributed by atoms with van der Waals surface area (Å²) in [7, 11) is 4.27. The molecular weight excluding hydrogens is 292 g/mol. The van der Waals surface area contributed by atoms with E-state index < -0.39 is 5.97 Å². The summed E-state index contributed by atoms with van der Waals surface area (Å²) in [6.07, 6.45) is 5.14. The molecule has 7 heteroatoms. The van der Waals surface area contributed by atoms with Gasteiger partial charge in [0.1, 0.15) is 16.3 Å². The minimum absolute atomic E-state index is 0.244. The fourth-order valence-corrected chi connectivity index (χ4v) is 2.21. The summed E-state index contributed by atoms with van der Waals surface area (Å²) >= 11 is 1.48. The molecular formula is C14H14N2O4S. The maximum absolute atomic E-state index is 11.9. The monoisotopic (exact) mass is 306 g/mol. The van der Waals surface area contributed by atoms with Crippen molar-refractivity contribution in [2.24, 2.45) is 0 Å². The standard InChI is InChI=1S/C14H14N2O4S/c1-18-10-8-11(19-2)16-9(13(10)14(17)20-3)4-5-12-15-6-7-21-12/h4-8H,1-3H3/b5-4-. The topological polar surface area (TPSA) is 70.5 Å². The van der Waals surface area contributed by atoms with Gasteiger partial charge in [-0.15, -0.1) is 11.3 Å². The van der Waals surface area contributed by atoms with E-state index in [2.05, 4.69) is 9.97 Å². The Morgan fingerprint density at radius 3 is 2.62 bits per heavy atom. The molecule has 0 amide bonds. The Morgan fingerprint density at radius 2 is 2.05 bits per heavy atom. The van der Waals surface area contributed by atoms with Crippen molar-refractivity contribution in [2.45, 2.75) is 0 Å². The highest BCUT2D eigenvalue weighted by molar-refractivity contribution is 7.10. The maximum Gasteiger partial charge on any atom is 0.343 e. The number of methoxy groups -OCH3 is 3. The van der Waals surface area contributed by atoms with Gasteiger partial charge in [0, 0.05) is 17.6 Å². The van der Waals surface area contributed by atoms with Gasteiger partial charge in [0.2, 0.25) is 5.88 Å². The van der Waals surface area contributed by atoms with Gasteiger partial charge >= 0.3 is 5.97 Å². The fourth-order valence-electron chi connectivity index (χ4n) is 1.68. The predicted octanol–water partition coefficient (Wildman–Crippen LogP) is 2.51. The molecule has 0 aliphatic rings. The summed E-state index contributed by atoms with van der Waals surface area (Å²) in [4.78, 5) is 20.3. The lowest BCUT2D eigenvalue weighted by Gasteiger charge is -2.11. The van der Waals surface area contributed by atoms with Gasteiger partial charge in [-0.05, 0) is 12.2 Å². The van der Waals surface area contributed by atoms with E-state index in [1.807, 2.05) is 5.38 Å². The molecule has 2 aromatic heterocycles. The number of hydrogen-bond acceptors (Lipinski definition) is 7. The van der Waals surface area contributed by atoms with Crippen LogP contribution in [0.5, 0.6) is 11.6 Å². The van der Waals surface area contributed by atoms with Crippen molar-refractivity contribution in [1.82, 2.24) is 9.97 Å². The van der Waals surface area contributed by atoms with Crippen LogP contribution in [0.3, 0.4) is 0 Å². The van der Waals surface area contributed by atoms with E-state index in [1.165, 1.54) is 38.7 Å². The third-order valence-electron chi connectivity index (χ3n) is 2.64. The minimum atomic E-state index is -0.527. The SMILES string of the molecule is COC(=O)c1c(OC)cc(OC)nc1/C=C\c1nccs1. The smallest absolute Gasteiger partial charge is 0.343 e. The normalized spacial score (nSPS) is 10.6. The zero-order valence-electron chi connectivity index (χ0n) is 11.8. The van der Waals surface area contributed by atoms with Gasteiger partial charge in [-0.3, -0.25) is 0 Å². The van der Waals surface area contributed by atoms with Crippen molar-refractivity contribution >= 4 is 29.5 Å². The van der Waals surface area contributed by atoms with Gasteiger partial charge in [-0.25, -0.2) is 14.8 Å². The Labute approximate surface area is 126 Å².